The van der Waals surface area contributed by atoms with Crippen LogP contribution in [0, 0.1) is 13.8 Å². The molecule has 0 aliphatic heterocycles. The van der Waals surface area contributed by atoms with E-state index in [0.29, 0.717) is 12.5 Å². The second kappa shape index (κ2) is 7.10. The van der Waals surface area contributed by atoms with Crippen LogP contribution in [0.25, 0.3) is 0 Å². The van der Waals surface area contributed by atoms with Gasteiger partial charge < -0.3 is 4.90 Å². The fourth-order valence-corrected chi connectivity index (χ4v) is 3.44. The van der Waals surface area contributed by atoms with Gasteiger partial charge in [0.1, 0.15) is 0 Å². The molecule has 1 fully saturated rings. The van der Waals surface area contributed by atoms with Crippen LogP contribution in [0.15, 0.2) is 0 Å². The minimum atomic E-state index is 0.282. The van der Waals surface area contributed by atoms with Crippen molar-refractivity contribution in [3.63, 3.8) is 0 Å². The average molecular weight is 291 g/mol. The highest BCUT2D eigenvalue weighted by Crippen LogP contribution is 2.22. The molecule has 1 aliphatic rings. The van der Waals surface area contributed by atoms with Gasteiger partial charge in [-0.2, -0.15) is 5.10 Å². The first kappa shape index (κ1) is 16.1. The molecule has 0 saturated heterocycles. The summed E-state index contributed by atoms with van der Waals surface area (Å²) in [5.41, 5.74) is 3.47. The van der Waals surface area contributed by atoms with Gasteiger partial charge in [0, 0.05) is 32.3 Å². The van der Waals surface area contributed by atoms with Gasteiger partial charge in [0.05, 0.1) is 5.69 Å². The zero-order valence-corrected chi connectivity index (χ0v) is 14.0. The van der Waals surface area contributed by atoms with Crippen LogP contribution in [0.2, 0.25) is 0 Å². The lowest BCUT2D eigenvalue weighted by atomic mass is 10.0. The quantitative estimate of drug-likeness (QED) is 0.799. The summed E-state index contributed by atoms with van der Waals surface area (Å²) in [6.45, 7) is 4.11. The molecule has 1 heterocycles. The molecule has 0 aromatic carbocycles. The molecule has 1 aromatic rings. The van der Waals surface area contributed by atoms with E-state index >= 15 is 0 Å². The summed E-state index contributed by atoms with van der Waals surface area (Å²) in [5, 5.41) is 4.43. The molecule has 0 radical (unpaired) electrons. The number of aromatic nitrogens is 2. The van der Waals surface area contributed by atoms with E-state index in [4.69, 9.17) is 0 Å². The first-order valence-corrected chi connectivity index (χ1v) is 8.25. The van der Waals surface area contributed by atoms with Crippen molar-refractivity contribution in [1.29, 1.82) is 0 Å². The minimum Gasteiger partial charge on any atom is -0.343 e. The molecule has 21 heavy (non-hydrogen) atoms. The summed E-state index contributed by atoms with van der Waals surface area (Å²) in [7, 11) is 3.95. The molecular formula is C17H29N3O. The van der Waals surface area contributed by atoms with Crippen molar-refractivity contribution in [3.8, 4) is 0 Å². The van der Waals surface area contributed by atoms with Gasteiger partial charge in [0.2, 0.25) is 5.91 Å². The summed E-state index contributed by atoms with van der Waals surface area (Å²) in [4.78, 5) is 14.5. The number of amides is 1. The Morgan fingerprint density at radius 2 is 1.86 bits per heavy atom. The van der Waals surface area contributed by atoms with Crippen LogP contribution in [-0.4, -0.2) is 33.7 Å². The zero-order chi connectivity index (χ0) is 15.4. The summed E-state index contributed by atoms with van der Waals surface area (Å²) >= 11 is 0. The molecular weight excluding hydrogens is 262 g/mol. The van der Waals surface area contributed by atoms with Crippen molar-refractivity contribution < 1.29 is 4.79 Å². The number of carbonyl (C=O) groups is 1. The van der Waals surface area contributed by atoms with Crippen LogP contribution in [-0.2, 0) is 18.3 Å². The lowest BCUT2D eigenvalue weighted by molar-refractivity contribution is -0.132. The Bertz CT molecular complexity index is 484. The normalized spacial score (nSPS) is 16.8. The van der Waals surface area contributed by atoms with E-state index < -0.39 is 0 Å². The molecule has 0 atom stereocenters. The predicted molar refractivity (Wildman–Crippen MR) is 85.3 cm³/mol. The number of hydrogen-bond acceptors (Lipinski definition) is 2. The van der Waals surface area contributed by atoms with Gasteiger partial charge in [-0.15, -0.1) is 0 Å². The Morgan fingerprint density at radius 1 is 1.24 bits per heavy atom. The van der Waals surface area contributed by atoms with Crippen molar-refractivity contribution >= 4 is 5.91 Å². The van der Waals surface area contributed by atoms with Gasteiger partial charge in [0.15, 0.2) is 0 Å². The maximum Gasteiger partial charge on any atom is 0.222 e. The van der Waals surface area contributed by atoms with Gasteiger partial charge in [-0.1, -0.05) is 25.7 Å². The van der Waals surface area contributed by atoms with E-state index in [1.807, 2.05) is 30.6 Å². The molecule has 2 rings (SSSR count). The third-order valence-corrected chi connectivity index (χ3v) is 5.01. The number of nitrogens with zero attached hydrogens (tertiary/aromatic N) is 3. The lowest BCUT2D eigenvalue weighted by Crippen LogP contribution is -2.36. The summed E-state index contributed by atoms with van der Waals surface area (Å²) in [6, 6.07) is 0.455. The van der Waals surface area contributed by atoms with E-state index in [0.717, 1.165) is 12.1 Å². The number of aryl methyl sites for hydroxylation is 2. The Hall–Kier alpha value is -1.32. The third kappa shape index (κ3) is 3.86. The van der Waals surface area contributed by atoms with Crippen molar-refractivity contribution in [3.05, 3.63) is 17.0 Å². The standard InChI is InChI=1S/C17H29N3O/c1-13-16(14(2)20(4)18-13)11-12-17(21)19(3)15-9-7-5-6-8-10-15/h15H,5-12H2,1-4H3. The van der Waals surface area contributed by atoms with Crippen LogP contribution in [0.4, 0.5) is 0 Å². The fourth-order valence-electron chi connectivity index (χ4n) is 3.44. The minimum absolute atomic E-state index is 0.282. The van der Waals surface area contributed by atoms with Crippen molar-refractivity contribution in [2.24, 2.45) is 7.05 Å². The Balaban J connectivity index is 1.91. The predicted octanol–water partition coefficient (Wildman–Crippen LogP) is 3.15. The lowest BCUT2D eigenvalue weighted by Gasteiger charge is -2.27. The number of rotatable bonds is 4. The van der Waals surface area contributed by atoms with E-state index in [2.05, 4.69) is 12.0 Å². The molecule has 118 valence electrons. The highest BCUT2D eigenvalue weighted by atomic mass is 16.2. The molecule has 4 nitrogen and oxygen atoms in total. The highest BCUT2D eigenvalue weighted by molar-refractivity contribution is 5.76. The highest BCUT2D eigenvalue weighted by Gasteiger charge is 2.21. The second-order valence-electron chi connectivity index (χ2n) is 6.42. The van der Waals surface area contributed by atoms with E-state index in [-0.39, 0.29) is 5.91 Å². The maximum atomic E-state index is 12.5. The molecule has 4 heteroatoms. The SMILES string of the molecule is Cc1nn(C)c(C)c1CCC(=O)N(C)C1CCCCCC1. The summed E-state index contributed by atoms with van der Waals surface area (Å²) in [6.07, 6.45) is 8.94. The molecule has 0 N–H and O–H groups in total. The third-order valence-electron chi connectivity index (χ3n) is 5.01. The number of carbonyl (C=O) groups excluding carboxylic acids is 1. The Kier molecular flexibility index (Phi) is 5.43. The van der Waals surface area contributed by atoms with Gasteiger partial charge in [-0.25, -0.2) is 0 Å². The summed E-state index contributed by atoms with van der Waals surface area (Å²) < 4.78 is 1.91. The van der Waals surface area contributed by atoms with E-state index in [9.17, 15) is 4.79 Å². The van der Waals surface area contributed by atoms with Gasteiger partial charge >= 0.3 is 0 Å². The largest absolute Gasteiger partial charge is 0.343 e. The first-order valence-electron chi connectivity index (χ1n) is 8.25. The molecule has 1 amide bonds. The van der Waals surface area contributed by atoms with Crippen LogP contribution in [0.5, 0.6) is 0 Å². The molecule has 1 aromatic heterocycles. The van der Waals surface area contributed by atoms with Crippen molar-refractivity contribution in [1.82, 2.24) is 14.7 Å². The molecule has 0 spiro atoms. The zero-order valence-electron chi connectivity index (χ0n) is 14.0. The van der Waals surface area contributed by atoms with Crippen LogP contribution < -0.4 is 0 Å². The van der Waals surface area contributed by atoms with Gasteiger partial charge in [0.25, 0.3) is 0 Å². The monoisotopic (exact) mass is 291 g/mol. The topological polar surface area (TPSA) is 38.1 Å². The maximum absolute atomic E-state index is 12.5. The van der Waals surface area contributed by atoms with Crippen molar-refractivity contribution in [2.75, 3.05) is 7.05 Å². The van der Waals surface area contributed by atoms with Crippen LogP contribution in [0.1, 0.15) is 61.9 Å². The number of hydrogen-bond donors (Lipinski definition) is 0. The molecule has 1 saturated carbocycles. The smallest absolute Gasteiger partial charge is 0.222 e. The van der Waals surface area contributed by atoms with Gasteiger partial charge in [-0.05, 0) is 38.7 Å². The van der Waals surface area contributed by atoms with E-state index in [1.165, 1.54) is 49.8 Å². The fraction of sp³-hybridized carbons (Fsp3) is 0.765. The molecule has 0 unspecified atom stereocenters. The van der Waals surface area contributed by atoms with Crippen LogP contribution in [0.3, 0.4) is 0 Å². The van der Waals surface area contributed by atoms with E-state index in [1.54, 1.807) is 0 Å². The molecule has 0 bridgehead atoms. The van der Waals surface area contributed by atoms with Crippen molar-refractivity contribution in [2.45, 2.75) is 71.3 Å². The average Bonchev–Trinajstić information content (AvgIpc) is 2.69. The first-order chi connectivity index (χ1) is 10.0. The Labute approximate surface area is 128 Å². The summed E-state index contributed by atoms with van der Waals surface area (Å²) in [5.74, 6) is 0.282. The molecule has 1 aliphatic carbocycles. The Morgan fingerprint density at radius 3 is 2.38 bits per heavy atom. The van der Waals surface area contributed by atoms with Crippen LogP contribution >= 0.6 is 0 Å². The second-order valence-corrected chi connectivity index (χ2v) is 6.42. The van der Waals surface area contributed by atoms with Gasteiger partial charge in [-0.3, -0.25) is 9.48 Å².